The lowest BCUT2D eigenvalue weighted by Gasteiger charge is -2.34. The van der Waals surface area contributed by atoms with Gasteiger partial charge in [0, 0.05) is 23.1 Å². The van der Waals surface area contributed by atoms with Crippen molar-refractivity contribution in [1.82, 2.24) is 25.0 Å². The Kier molecular flexibility index (Phi) is 2.82. The Labute approximate surface area is 134 Å². The highest BCUT2D eigenvalue weighted by Gasteiger charge is 2.34. The van der Waals surface area contributed by atoms with Gasteiger partial charge in [-0.2, -0.15) is 10.2 Å². The van der Waals surface area contributed by atoms with Crippen molar-refractivity contribution >= 4 is 10.9 Å². The number of hydrogen-bond acceptors (Lipinski definition) is 4. The summed E-state index contributed by atoms with van der Waals surface area (Å²) in [5, 5.41) is 13.1. The van der Waals surface area contributed by atoms with Crippen LogP contribution in [0.3, 0.4) is 0 Å². The van der Waals surface area contributed by atoms with Gasteiger partial charge in [-0.05, 0) is 44.2 Å². The van der Waals surface area contributed by atoms with Crippen LogP contribution in [0.1, 0.15) is 43.3 Å². The van der Waals surface area contributed by atoms with Gasteiger partial charge < -0.3 is 5.73 Å². The molecule has 0 spiro atoms. The number of fused-ring (bicyclic) bond motifs is 1. The minimum Gasteiger partial charge on any atom is -0.330 e. The number of H-pyrrole nitrogens is 1. The van der Waals surface area contributed by atoms with Crippen LogP contribution in [-0.4, -0.2) is 31.5 Å². The highest BCUT2D eigenvalue weighted by Crippen LogP contribution is 2.45. The average molecular weight is 308 g/mol. The zero-order chi connectivity index (χ0) is 15.4. The molecule has 3 N–H and O–H groups in total. The molecule has 0 bridgehead atoms. The molecule has 0 aromatic carbocycles. The van der Waals surface area contributed by atoms with E-state index in [0.717, 1.165) is 36.0 Å². The minimum atomic E-state index is 0.507. The Morgan fingerprint density at radius 2 is 2.13 bits per heavy atom. The van der Waals surface area contributed by atoms with E-state index in [1.807, 2.05) is 12.4 Å². The fourth-order valence-electron chi connectivity index (χ4n) is 3.55. The first-order valence-corrected chi connectivity index (χ1v) is 8.40. The van der Waals surface area contributed by atoms with Crippen LogP contribution in [0.4, 0.5) is 0 Å². The van der Waals surface area contributed by atoms with Crippen LogP contribution < -0.4 is 5.73 Å². The summed E-state index contributed by atoms with van der Waals surface area (Å²) in [7, 11) is 0. The number of pyridine rings is 1. The van der Waals surface area contributed by atoms with Crippen LogP contribution in [0.25, 0.3) is 22.2 Å². The van der Waals surface area contributed by atoms with E-state index in [2.05, 4.69) is 32.1 Å². The number of aromatic amines is 1. The molecule has 0 radical (unpaired) electrons. The molecule has 0 atom stereocenters. The zero-order valence-electron chi connectivity index (χ0n) is 12.9. The van der Waals surface area contributed by atoms with E-state index in [1.54, 1.807) is 0 Å². The fraction of sp³-hybridized carbons (Fsp3) is 0.471. The first-order chi connectivity index (χ1) is 11.3. The maximum atomic E-state index is 5.75. The zero-order valence-corrected chi connectivity index (χ0v) is 12.9. The lowest BCUT2D eigenvalue weighted by Crippen LogP contribution is -2.32. The highest BCUT2D eigenvalue weighted by molar-refractivity contribution is 5.81. The van der Waals surface area contributed by atoms with Gasteiger partial charge in [0.2, 0.25) is 0 Å². The summed E-state index contributed by atoms with van der Waals surface area (Å²) < 4.78 is 2.16. The summed E-state index contributed by atoms with van der Waals surface area (Å²) in [5.41, 5.74) is 10.1. The number of nitrogens with zero attached hydrogens (tertiary/aromatic N) is 4. The molecule has 3 aromatic rings. The molecule has 2 saturated carbocycles. The summed E-state index contributed by atoms with van der Waals surface area (Å²) in [6, 6.07) is 2.61. The van der Waals surface area contributed by atoms with Crippen molar-refractivity contribution in [3.05, 3.63) is 30.4 Å². The molecule has 3 aromatic heterocycles. The van der Waals surface area contributed by atoms with Crippen molar-refractivity contribution in [3.8, 4) is 11.3 Å². The molecule has 5 rings (SSSR count). The Morgan fingerprint density at radius 1 is 1.26 bits per heavy atom. The first-order valence-electron chi connectivity index (χ1n) is 8.40. The first kappa shape index (κ1) is 13.2. The fourth-order valence-corrected chi connectivity index (χ4v) is 3.55. The van der Waals surface area contributed by atoms with E-state index in [4.69, 9.17) is 10.8 Å². The summed E-state index contributed by atoms with van der Waals surface area (Å²) in [6.45, 7) is 0.790. The van der Waals surface area contributed by atoms with Gasteiger partial charge in [-0.25, -0.2) is 0 Å². The van der Waals surface area contributed by atoms with Crippen LogP contribution in [0.15, 0.2) is 24.7 Å². The minimum absolute atomic E-state index is 0.507. The number of hydrogen-bond donors (Lipinski definition) is 2. The van der Waals surface area contributed by atoms with Crippen LogP contribution >= 0.6 is 0 Å². The highest BCUT2D eigenvalue weighted by atomic mass is 15.3. The van der Waals surface area contributed by atoms with Gasteiger partial charge in [0.1, 0.15) is 0 Å². The molecule has 6 nitrogen and oxygen atoms in total. The second kappa shape index (κ2) is 4.89. The van der Waals surface area contributed by atoms with Gasteiger partial charge in [-0.1, -0.05) is 0 Å². The lowest BCUT2D eigenvalue weighted by molar-refractivity contribution is 0.189. The normalized spacial score (nSPS) is 24.0. The third-order valence-electron chi connectivity index (χ3n) is 5.24. The maximum absolute atomic E-state index is 5.75. The molecule has 6 heteroatoms. The standard InChI is InChI=1S/C17H20N6/c18-6-10-3-13(4-10)23-9-14(17(22-23)11-1-2-11)15-5-12-7-20-21-16(12)8-19-15/h5,7-11,13H,1-4,6,18H2,(H,20,21). The van der Waals surface area contributed by atoms with Crippen molar-refractivity contribution < 1.29 is 0 Å². The van der Waals surface area contributed by atoms with Gasteiger partial charge in [0.05, 0.1) is 35.3 Å². The molecule has 0 unspecified atom stereocenters. The summed E-state index contributed by atoms with van der Waals surface area (Å²) in [6.07, 6.45) is 10.7. The van der Waals surface area contributed by atoms with E-state index in [0.29, 0.717) is 17.9 Å². The van der Waals surface area contributed by atoms with Crippen LogP contribution in [0.5, 0.6) is 0 Å². The maximum Gasteiger partial charge on any atom is 0.0833 e. The smallest absolute Gasteiger partial charge is 0.0833 e. The van der Waals surface area contributed by atoms with Crippen LogP contribution in [0, 0.1) is 5.92 Å². The molecule has 23 heavy (non-hydrogen) atoms. The van der Waals surface area contributed by atoms with E-state index >= 15 is 0 Å². The van der Waals surface area contributed by atoms with Crippen molar-refractivity contribution in [2.45, 2.75) is 37.6 Å². The Morgan fingerprint density at radius 3 is 2.91 bits per heavy atom. The van der Waals surface area contributed by atoms with Crippen LogP contribution in [-0.2, 0) is 0 Å². The molecule has 0 aliphatic heterocycles. The molecule has 0 saturated heterocycles. The number of aromatic nitrogens is 5. The second-order valence-corrected chi connectivity index (χ2v) is 6.94. The third kappa shape index (κ3) is 2.16. The summed E-state index contributed by atoms with van der Waals surface area (Å²) in [4.78, 5) is 4.62. The molecular weight excluding hydrogens is 288 g/mol. The molecule has 0 amide bonds. The largest absolute Gasteiger partial charge is 0.330 e. The van der Waals surface area contributed by atoms with E-state index in [9.17, 15) is 0 Å². The van der Waals surface area contributed by atoms with Crippen molar-refractivity contribution in [2.24, 2.45) is 11.7 Å². The van der Waals surface area contributed by atoms with Crippen molar-refractivity contribution in [2.75, 3.05) is 6.54 Å². The van der Waals surface area contributed by atoms with Crippen LogP contribution in [0.2, 0.25) is 0 Å². The molecule has 2 aliphatic carbocycles. The predicted octanol–water partition coefficient (Wildman–Crippen LogP) is 2.61. The molecular formula is C17H20N6. The molecule has 2 aliphatic rings. The second-order valence-electron chi connectivity index (χ2n) is 6.94. The number of rotatable bonds is 4. The quantitative estimate of drug-likeness (QED) is 0.776. The van der Waals surface area contributed by atoms with Gasteiger partial charge in [0.15, 0.2) is 0 Å². The van der Waals surface area contributed by atoms with E-state index in [-0.39, 0.29) is 0 Å². The van der Waals surface area contributed by atoms with Gasteiger partial charge in [0.25, 0.3) is 0 Å². The summed E-state index contributed by atoms with van der Waals surface area (Å²) in [5.74, 6) is 1.27. The monoisotopic (exact) mass is 308 g/mol. The predicted molar refractivity (Wildman–Crippen MR) is 87.9 cm³/mol. The molecule has 118 valence electrons. The third-order valence-corrected chi connectivity index (χ3v) is 5.24. The Hall–Kier alpha value is -2.21. The lowest BCUT2D eigenvalue weighted by atomic mass is 9.80. The van der Waals surface area contributed by atoms with Gasteiger partial charge >= 0.3 is 0 Å². The number of nitrogens with one attached hydrogen (secondary N) is 1. The van der Waals surface area contributed by atoms with Crippen molar-refractivity contribution in [3.63, 3.8) is 0 Å². The Balaban J connectivity index is 1.54. The molecule has 3 heterocycles. The molecule has 2 fully saturated rings. The topological polar surface area (TPSA) is 85.4 Å². The Bertz CT molecular complexity index is 853. The number of nitrogens with two attached hydrogens (primary N) is 1. The van der Waals surface area contributed by atoms with Crippen molar-refractivity contribution in [1.29, 1.82) is 0 Å². The SMILES string of the molecule is NCC1CC(n2cc(-c3cc4cn[nH]c4cn3)c(C3CC3)n2)C1. The van der Waals surface area contributed by atoms with Gasteiger partial charge in [-0.3, -0.25) is 14.8 Å². The van der Waals surface area contributed by atoms with E-state index < -0.39 is 0 Å². The van der Waals surface area contributed by atoms with E-state index in [1.165, 1.54) is 24.1 Å². The average Bonchev–Trinajstić information content (AvgIpc) is 3.10. The summed E-state index contributed by atoms with van der Waals surface area (Å²) >= 11 is 0. The van der Waals surface area contributed by atoms with Gasteiger partial charge in [-0.15, -0.1) is 0 Å².